The molecule has 144 valence electrons. The van der Waals surface area contributed by atoms with E-state index < -0.39 is 0 Å². The number of nitrogens with one attached hydrogen (secondary N) is 1. The van der Waals surface area contributed by atoms with Crippen molar-refractivity contribution in [2.24, 2.45) is 0 Å². The number of hydrogen-bond acceptors (Lipinski definition) is 3. The van der Waals surface area contributed by atoms with Crippen molar-refractivity contribution in [2.45, 2.75) is 19.6 Å². The van der Waals surface area contributed by atoms with Crippen molar-refractivity contribution in [1.29, 1.82) is 0 Å². The van der Waals surface area contributed by atoms with Crippen LogP contribution in [0.15, 0.2) is 73.1 Å². The number of benzene rings is 2. The highest BCUT2D eigenvalue weighted by Crippen LogP contribution is 2.10. The molecule has 0 spiro atoms. The summed E-state index contributed by atoms with van der Waals surface area (Å²) in [7, 11) is 4.08. The molecule has 1 aromatic heterocycles. The van der Waals surface area contributed by atoms with Gasteiger partial charge in [0.1, 0.15) is 0 Å². The second-order valence-electron chi connectivity index (χ2n) is 7.01. The third-order valence-electron chi connectivity index (χ3n) is 4.33. The lowest BCUT2D eigenvalue weighted by atomic mass is 10.1. The van der Waals surface area contributed by atoms with Gasteiger partial charge in [-0.15, -0.1) is 0 Å². The Bertz CT molecular complexity index is 929. The highest BCUT2D eigenvalue weighted by atomic mass is 16.1. The van der Waals surface area contributed by atoms with Crippen LogP contribution < -0.4 is 5.32 Å². The predicted molar refractivity (Wildman–Crippen MR) is 112 cm³/mol. The van der Waals surface area contributed by atoms with Gasteiger partial charge in [-0.1, -0.05) is 54.6 Å². The summed E-state index contributed by atoms with van der Waals surface area (Å²) in [4.78, 5) is 14.3. The van der Waals surface area contributed by atoms with E-state index in [1.54, 1.807) is 18.3 Å². The first kappa shape index (κ1) is 19.6. The van der Waals surface area contributed by atoms with Gasteiger partial charge in [-0.2, -0.15) is 5.10 Å². The van der Waals surface area contributed by atoms with Crippen LogP contribution in [0.3, 0.4) is 0 Å². The number of nitrogens with zero attached hydrogens (tertiary/aromatic N) is 3. The molecule has 1 heterocycles. The van der Waals surface area contributed by atoms with E-state index in [-0.39, 0.29) is 5.91 Å². The average Bonchev–Trinajstić information content (AvgIpc) is 3.13. The molecule has 2 aromatic carbocycles. The molecule has 1 N–H and O–H groups in total. The molecule has 0 atom stereocenters. The van der Waals surface area contributed by atoms with Crippen LogP contribution in [0.4, 0.5) is 0 Å². The quantitative estimate of drug-likeness (QED) is 0.616. The molecule has 0 radical (unpaired) electrons. The van der Waals surface area contributed by atoms with Gasteiger partial charge in [0.25, 0.3) is 0 Å². The molecule has 0 bridgehead atoms. The van der Waals surface area contributed by atoms with E-state index in [4.69, 9.17) is 0 Å². The molecule has 0 aliphatic rings. The third-order valence-corrected chi connectivity index (χ3v) is 4.33. The van der Waals surface area contributed by atoms with Gasteiger partial charge in [-0.05, 0) is 36.9 Å². The molecule has 3 aromatic rings. The molecule has 0 aliphatic heterocycles. The fraction of sp³-hybridized carbons (Fsp3) is 0.217. The van der Waals surface area contributed by atoms with Crippen molar-refractivity contribution in [3.05, 3.63) is 95.3 Å². The van der Waals surface area contributed by atoms with Crippen LogP contribution in [0.5, 0.6) is 0 Å². The van der Waals surface area contributed by atoms with Gasteiger partial charge in [0.05, 0.1) is 12.7 Å². The molecule has 5 heteroatoms. The van der Waals surface area contributed by atoms with Gasteiger partial charge in [0.2, 0.25) is 5.91 Å². The summed E-state index contributed by atoms with van der Waals surface area (Å²) in [5, 5.41) is 7.31. The summed E-state index contributed by atoms with van der Waals surface area (Å²) >= 11 is 0. The maximum atomic E-state index is 12.2. The van der Waals surface area contributed by atoms with E-state index in [0.29, 0.717) is 13.1 Å². The zero-order valence-corrected chi connectivity index (χ0v) is 16.4. The highest BCUT2D eigenvalue weighted by Gasteiger charge is 2.04. The number of amides is 1. The van der Waals surface area contributed by atoms with Crippen LogP contribution >= 0.6 is 0 Å². The minimum absolute atomic E-state index is 0.115. The van der Waals surface area contributed by atoms with Gasteiger partial charge in [-0.3, -0.25) is 9.48 Å². The average molecular weight is 374 g/mol. The number of aromatic nitrogens is 2. The Labute approximate surface area is 166 Å². The molecule has 0 aliphatic carbocycles. The van der Waals surface area contributed by atoms with E-state index in [0.717, 1.165) is 17.7 Å². The molecular weight excluding hydrogens is 348 g/mol. The van der Waals surface area contributed by atoms with Crippen molar-refractivity contribution >= 4 is 12.0 Å². The SMILES string of the molecule is CN(C)Cc1ccccc1CNC(=O)/C=C/c1cnn(Cc2ccccc2)c1. The fourth-order valence-corrected chi connectivity index (χ4v) is 2.96. The highest BCUT2D eigenvalue weighted by molar-refractivity contribution is 5.91. The predicted octanol–water partition coefficient (Wildman–Crippen LogP) is 3.32. The summed E-state index contributed by atoms with van der Waals surface area (Å²) < 4.78 is 1.87. The first-order valence-electron chi connectivity index (χ1n) is 9.34. The molecular formula is C23H26N4O. The Morgan fingerprint density at radius 1 is 1.07 bits per heavy atom. The number of rotatable bonds is 8. The summed E-state index contributed by atoms with van der Waals surface area (Å²) in [6.07, 6.45) is 7.04. The molecule has 28 heavy (non-hydrogen) atoms. The molecule has 0 fully saturated rings. The second kappa shape index (κ2) is 9.67. The lowest BCUT2D eigenvalue weighted by molar-refractivity contribution is -0.116. The smallest absolute Gasteiger partial charge is 0.244 e. The van der Waals surface area contributed by atoms with Crippen molar-refractivity contribution in [3.63, 3.8) is 0 Å². The molecule has 0 saturated carbocycles. The molecule has 5 nitrogen and oxygen atoms in total. The van der Waals surface area contributed by atoms with Gasteiger partial charge < -0.3 is 10.2 Å². The molecule has 0 unspecified atom stereocenters. The Hall–Kier alpha value is -3.18. The summed E-state index contributed by atoms with van der Waals surface area (Å²) in [5.74, 6) is -0.115. The van der Waals surface area contributed by atoms with E-state index in [1.807, 2.05) is 55.3 Å². The summed E-state index contributed by atoms with van der Waals surface area (Å²) in [5.41, 5.74) is 4.45. The topological polar surface area (TPSA) is 50.2 Å². The number of carbonyl (C=O) groups is 1. The van der Waals surface area contributed by atoms with Gasteiger partial charge in [0.15, 0.2) is 0 Å². The van der Waals surface area contributed by atoms with Crippen molar-refractivity contribution < 1.29 is 4.79 Å². The van der Waals surface area contributed by atoms with E-state index in [1.165, 1.54) is 11.1 Å². The summed E-state index contributed by atoms with van der Waals surface area (Å²) in [6, 6.07) is 18.3. The zero-order valence-electron chi connectivity index (χ0n) is 16.4. The molecule has 0 saturated heterocycles. The van der Waals surface area contributed by atoms with Crippen LogP contribution in [-0.2, 0) is 24.4 Å². The van der Waals surface area contributed by atoms with Gasteiger partial charge in [0, 0.05) is 30.9 Å². The third kappa shape index (κ3) is 5.93. The van der Waals surface area contributed by atoms with Crippen molar-refractivity contribution in [2.75, 3.05) is 14.1 Å². The molecule has 1 amide bonds. The van der Waals surface area contributed by atoms with Gasteiger partial charge >= 0.3 is 0 Å². The van der Waals surface area contributed by atoms with E-state index >= 15 is 0 Å². The Morgan fingerprint density at radius 2 is 1.79 bits per heavy atom. The van der Waals surface area contributed by atoms with Crippen LogP contribution in [0.25, 0.3) is 6.08 Å². The minimum atomic E-state index is -0.115. The standard InChI is InChI=1S/C23H26N4O/c1-26(2)18-22-11-7-6-10-21(22)15-24-23(28)13-12-20-14-25-27(17-20)16-19-8-4-3-5-9-19/h3-14,17H,15-16,18H2,1-2H3,(H,24,28)/b13-12+. The maximum absolute atomic E-state index is 12.2. The second-order valence-corrected chi connectivity index (χ2v) is 7.01. The van der Waals surface area contributed by atoms with Crippen molar-refractivity contribution in [1.82, 2.24) is 20.0 Å². The van der Waals surface area contributed by atoms with Crippen LogP contribution in [0.2, 0.25) is 0 Å². The van der Waals surface area contributed by atoms with E-state index in [2.05, 4.69) is 39.6 Å². The van der Waals surface area contributed by atoms with Crippen molar-refractivity contribution in [3.8, 4) is 0 Å². The lowest BCUT2D eigenvalue weighted by Crippen LogP contribution is -2.22. The maximum Gasteiger partial charge on any atom is 0.244 e. The zero-order chi connectivity index (χ0) is 19.8. The first-order chi connectivity index (χ1) is 13.6. The Kier molecular flexibility index (Phi) is 6.76. The first-order valence-corrected chi connectivity index (χ1v) is 9.34. The Balaban J connectivity index is 1.53. The molecule has 3 rings (SSSR count). The van der Waals surface area contributed by atoms with Crippen LogP contribution in [-0.4, -0.2) is 34.7 Å². The number of carbonyl (C=O) groups excluding carboxylic acids is 1. The fourth-order valence-electron chi connectivity index (χ4n) is 2.96. The minimum Gasteiger partial charge on any atom is -0.348 e. The van der Waals surface area contributed by atoms with Crippen LogP contribution in [0, 0.1) is 0 Å². The Morgan fingerprint density at radius 3 is 2.54 bits per heavy atom. The van der Waals surface area contributed by atoms with Gasteiger partial charge in [-0.25, -0.2) is 0 Å². The summed E-state index contributed by atoms with van der Waals surface area (Å²) in [6.45, 7) is 2.08. The largest absolute Gasteiger partial charge is 0.348 e. The normalized spacial score (nSPS) is 11.2. The monoisotopic (exact) mass is 374 g/mol. The van der Waals surface area contributed by atoms with Crippen LogP contribution in [0.1, 0.15) is 22.3 Å². The number of hydrogen-bond donors (Lipinski definition) is 1. The van der Waals surface area contributed by atoms with E-state index in [9.17, 15) is 4.79 Å². The lowest BCUT2D eigenvalue weighted by Gasteiger charge is -2.14.